The molecule has 0 amide bonds. The topological polar surface area (TPSA) is 9.23 Å². The Morgan fingerprint density at radius 2 is 1.52 bits per heavy atom. The smallest absolute Gasteiger partial charge is 0.256 e. The summed E-state index contributed by atoms with van der Waals surface area (Å²) in [4.78, 5) is 0. The van der Waals surface area contributed by atoms with E-state index >= 15 is 0 Å². The molecule has 1 aliphatic heterocycles. The molecule has 1 nitrogen and oxygen atoms in total. The minimum absolute atomic E-state index is 0.733. The van der Waals surface area contributed by atoms with Gasteiger partial charge in [0, 0.05) is 6.61 Å². The van der Waals surface area contributed by atoms with Crippen molar-refractivity contribution in [1.29, 1.82) is 0 Å². The van der Waals surface area contributed by atoms with Crippen molar-refractivity contribution in [2.75, 3.05) is 6.61 Å². The maximum atomic E-state index is 6.56. The van der Waals surface area contributed by atoms with Gasteiger partial charge in [0.15, 0.2) is 0 Å². The van der Waals surface area contributed by atoms with Crippen LogP contribution in [-0.4, -0.2) is 14.9 Å². The molecular weight excluding hydrogens is 272 g/mol. The highest BCUT2D eigenvalue weighted by molar-refractivity contribution is 6.97. The standard InChI is InChI=1S/C19H24OSi/c1-2-3-10-17-15-20-21(16-17,18-11-6-4-7-12-18)19-13-8-5-9-14-19/h4-9,11-14,17H,2-3,10,15-16H2,1H3. The van der Waals surface area contributed by atoms with Crippen LogP contribution in [0.3, 0.4) is 0 Å². The van der Waals surface area contributed by atoms with Crippen LogP contribution >= 0.6 is 0 Å². The van der Waals surface area contributed by atoms with Crippen LogP contribution in [0, 0.1) is 5.92 Å². The third kappa shape index (κ3) is 2.97. The molecule has 110 valence electrons. The average molecular weight is 296 g/mol. The fourth-order valence-electron chi connectivity index (χ4n) is 3.45. The minimum Gasteiger partial charge on any atom is -0.408 e. The summed E-state index contributed by atoms with van der Waals surface area (Å²) in [5, 5.41) is 2.85. The van der Waals surface area contributed by atoms with Crippen LogP contribution in [0.5, 0.6) is 0 Å². The molecule has 0 aliphatic carbocycles. The third-order valence-electron chi connectivity index (χ3n) is 4.59. The molecule has 0 spiro atoms. The van der Waals surface area contributed by atoms with Crippen LogP contribution in [0.15, 0.2) is 60.7 Å². The van der Waals surface area contributed by atoms with Crippen LogP contribution in [0.25, 0.3) is 0 Å². The second kappa shape index (κ2) is 6.59. The van der Waals surface area contributed by atoms with E-state index in [2.05, 4.69) is 67.6 Å². The Morgan fingerprint density at radius 3 is 2.05 bits per heavy atom. The lowest BCUT2D eigenvalue weighted by molar-refractivity contribution is 0.299. The second-order valence-electron chi connectivity index (χ2n) is 6.08. The molecule has 0 N–H and O–H groups in total. The van der Waals surface area contributed by atoms with E-state index in [1.54, 1.807) is 0 Å². The average Bonchev–Trinajstić information content (AvgIpc) is 3.00. The highest BCUT2D eigenvalue weighted by Crippen LogP contribution is 2.30. The predicted molar refractivity (Wildman–Crippen MR) is 91.7 cm³/mol. The molecule has 2 heteroatoms. The van der Waals surface area contributed by atoms with Gasteiger partial charge in [-0.15, -0.1) is 0 Å². The normalized spacial score (nSPS) is 20.5. The minimum atomic E-state index is -2.00. The predicted octanol–water partition coefficient (Wildman–Crippen LogP) is 3.58. The Balaban J connectivity index is 1.94. The molecule has 0 bridgehead atoms. The molecule has 0 radical (unpaired) electrons. The van der Waals surface area contributed by atoms with Crippen molar-refractivity contribution in [1.82, 2.24) is 0 Å². The molecule has 1 atom stereocenters. The van der Waals surface area contributed by atoms with Gasteiger partial charge in [-0.1, -0.05) is 80.4 Å². The van der Waals surface area contributed by atoms with Gasteiger partial charge in [0.05, 0.1) is 0 Å². The van der Waals surface area contributed by atoms with Gasteiger partial charge in [-0.2, -0.15) is 0 Å². The van der Waals surface area contributed by atoms with E-state index in [1.807, 2.05) is 0 Å². The molecule has 1 heterocycles. The first-order valence-electron chi connectivity index (χ1n) is 8.10. The van der Waals surface area contributed by atoms with Crippen molar-refractivity contribution in [3.05, 3.63) is 60.7 Å². The Hall–Kier alpha value is -1.38. The summed E-state index contributed by atoms with van der Waals surface area (Å²) in [7, 11) is -2.00. The number of unbranched alkanes of at least 4 members (excludes halogenated alkanes) is 1. The highest BCUT2D eigenvalue weighted by Gasteiger charge is 2.46. The first kappa shape index (κ1) is 14.5. The Morgan fingerprint density at radius 1 is 0.952 bits per heavy atom. The molecule has 2 aromatic carbocycles. The van der Waals surface area contributed by atoms with E-state index in [0.717, 1.165) is 12.5 Å². The second-order valence-corrected chi connectivity index (χ2v) is 9.59. The third-order valence-corrected chi connectivity index (χ3v) is 8.93. The summed E-state index contributed by atoms with van der Waals surface area (Å²) in [5.41, 5.74) is 0. The van der Waals surface area contributed by atoms with Gasteiger partial charge in [0.2, 0.25) is 0 Å². The molecular formula is C19H24OSi. The fraction of sp³-hybridized carbons (Fsp3) is 0.368. The zero-order chi connectivity index (χ0) is 14.5. The molecule has 0 aromatic heterocycles. The van der Waals surface area contributed by atoms with E-state index in [0.29, 0.717) is 0 Å². The van der Waals surface area contributed by atoms with Crippen molar-refractivity contribution >= 4 is 18.7 Å². The number of hydrogen-bond donors (Lipinski definition) is 0. The lowest BCUT2D eigenvalue weighted by Crippen LogP contribution is -2.58. The van der Waals surface area contributed by atoms with Gasteiger partial charge < -0.3 is 4.43 Å². The Bertz CT molecular complexity index is 513. The number of hydrogen-bond acceptors (Lipinski definition) is 1. The molecule has 21 heavy (non-hydrogen) atoms. The quantitative estimate of drug-likeness (QED) is 0.766. The number of rotatable bonds is 5. The monoisotopic (exact) mass is 296 g/mol. The number of benzene rings is 2. The van der Waals surface area contributed by atoms with Crippen LogP contribution in [0.4, 0.5) is 0 Å². The Labute approximate surface area is 129 Å². The summed E-state index contributed by atoms with van der Waals surface area (Å²) < 4.78 is 6.56. The van der Waals surface area contributed by atoms with Gasteiger partial charge in [0.25, 0.3) is 8.32 Å². The highest BCUT2D eigenvalue weighted by atomic mass is 28.4. The Kier molecular flexibility index (Phi) is 4.56. The van der Waals surface area contributed by atoms with Crippen LogP contribution < -0.4 is 10.4 Å². The van der Waals surface area contributed by atoms with Crippen molar-refractivity contribution in [3.8, 4) is 0 Å². The summed E-state index contributed by atoms with van der Waals surface area (Å²) in [6.45, 7) is 3.21. The SMILES string of the molecule is CCCCC1CO[Si](c2ccccc2)(c2ccccc2)C1. The van der Waals surface area contributed by atoms with Crippen LogP contribution in [0.1, 0.15) is 26.2 Å². The molecule has 1 fully saturated rings. The molecule has 3 rings (SSSR count). The summed E-state index contributed by atoms with van der Waals surface area (Å²) >= 11 is 0. The zero-order valence-corrected chi connectivity index (χ0v) is 13.8. The fourth-order valence-corrected chi connectivity index (χ4v) is 7.82. The van der Waals surface area contributed by atoms with Gasteiger partial charge in [-0.05, 0) is 28.8 Å². The van der Waals surface area contributed by atoms with Crippen molar-refractivity contribution in [2.45, 2.75) is 32.2 Å². The van der Waals surface area contributed by atoms with E-state index in [1.165, 1.54) is 35.7 Å². The van der Waals surface area contributed by atoms with E-state index < -0.39 is 8.32 Å². The van der Waals surface area contributed by atoms with Gasteiger partial charge in [-0.25, -0.2) is 0 Å². The maximum Gasteiger partial charge on any atom is 0.256 e. The van der Waals surface area contributed by atoms with E-state index in [-0.39, 0.29) is 0 Å². The zero-order valence-electron chi connectivity index (χ0n) is 12.8. The van der Waals surface area contributed by atoms with Gasteiger partial charge in [0.1, 0.15) is 0 Å². The van der Waals surface area contributed by atoms with Crippen molar-refractivity contribution in [3.63, 3.8) is 0 Å². The van der Waals surface area contributed by atoms with Crippen LogP contribution in [0.2, 0.25) is 6.04 Å². The van der Waals surface area contributed by atoms with Crippen molar-refractivity contribution in [2.24, 2.45) is 5.92 Å². The molecule has 2 aromatic rings. The molecule has 1 saturated heterocycles. The lowest BCUT2D eigenvalue weighted by atomic mass is 10.1. The molecule has 1 aliphatic rings. The molecule has 1 unspecified atom stereocenters. The first-order chi connectivity index (χ1) is 10.3. The first-order valence-corrected chi connectivity index (χ1v) is 10.2. The summed E-state index contributed by atoms with van der Waals surface area (Å²) in [6, 6.07) is 23.1. The van der Waals surface area contributed by atoms with Gasteiger partial charge >= 0.3 is 0 Å². The molecule has 0 saturated carbocycles. The largest absolute Gasteiger partial charge is 0.408 e. The summed E-state index contributed by atoms with van der Waals surface area (Å²) in [6.07, 6.45) is 3.91. The maximum absolute atomic E-state index is 6.56. The lowest BCUT2D eigenvalue weighted by Gasteiger charge is -2.26. The van der Waals surface area contributed by atoms with Crippen molar-refractivity contribution < 1.29 is 4.43 Å². The van der Waals surface area contributed by atoms with E-state index in [9.17, 15) is 0 Å². The van der Waals surface area contributed by atoms with E-state index in [4.69, 9.17) is 4.43 Å². The van der Waals surface area contributed by atoms with Gasteiger partial charge in [-0.3, -0.25) is 0 Å². The summed E-state index contributed by atoms with van der Waals surface area (Å²) in [5.74, 6) is 0.733. The van der Waals surface area contributed by atoms with Crippen LogP contribution in [-0.2, 0) is 4.43 Å².